The average Bonchev–Trinajstić information content (AvgIpc) is 2.61. The maximum atomic E-state index is 11.9. The minimum atomic E-state index is -0.473. The van der Waals surface area contributed by atoms with Crippen LogP contribution in [0.4, 0.5) is 5.69 Å². The van der Waals surface area contributed by atoms with Gasteiger partial charge in [0.05, 0.1) is 4.92 Å². The van der Waals surface area contributed by atoms with Crippen molar-refractivity contribution >= 4 is 23.6 Å². The second-order valence-corrected chi connectivity index (χ2v) is 5.30. The van der Waals surface area contributed by atoms with Crippen molar-refractivity contribution in [1.82, 2.24) is 0 Å². The summed E-state index contributed by atoms with van der Waals surface area (Å²) in [5.74, 6) is -0.0156. The van der Waals surface area contributed by atoms with E-state index in [2.05, 4.69) is 6.58 Å². The number of hydrogen-bond donors (Lipinski definition) is 1. The van der Waals surface area contributed by atoms with Crippen LogP contribution in [0.25, 0.3) is 12.2 Å². The van der Waals surface area contributed by atoms with E-state index in [1.165, 1.54) is 24.3 Å². The predicted octanol–water partition coefficient (Wildman–Crippen LogP) is 4.32. The molecule has 0 spiro atoms. The molecule has 0 heterocycles. The summed E-state index contributed by atoms with van der Waals surface area (Å²) < 4.78 is 0. The minimum absolute atomic E-state index is 0.00558. The number of phenolic OH excluding ortho intramolecular Hbond substituents is 1. The number of benzene rings is 2. The summed E-state index contributed by atoms with van der Waals surface area (Å²) in [5, 5.41) is 20.3. The number of carbonyl (C=O) groups is 1. The molecule has 0 aliphatic rings. The molecule has 25 heavy (non-hydrogen) atoms. The molecule has 2 rings (SSSR count). The van der Waals surface area contributed by atoms with E-state index >= 15 is 0 Å². The number of nitrogens with zero attached hydrogens (tertiary/aromatic N) is 1. The highest BCUT2D eigenvalue weighted by molar-refractivity contribution is 6.04. The Balaban J connectivity index is 2.03. The third-order valence-corrected chi connectivity index (χ3v) is 3.45. The standard InChI is InChI=1S/C20H17NO4/c1-2-3-17-14-16(8-13-20(17)23)7-12-19(22)11-6-15-4-9-18(10-5-15)21(24)25/h2,4-14,23H,1,3H2/b11-6+,12-7+. The Morgan fingerprint density at radius 1 is 1.08 bits per heavy atom. The number of nitro groups is 1. The fourth-order valence-electron chi connectivity index (χ4n) is 2.15. The second-order valence-electron chi connectivity index (χ2n) is 5.30. The van der Waals surface area contributed by atoms with Gasteiger partial charge in [0.2, 0.25) is 0 Å². The van der Waals surface area contributed by atoms with Crippen LogP contribution in [0.3, 0.4) is 0 Å². The van der Waals surface area contributed by atoms with Crippen molar-refractivity contribution in [3.8, 4) is 5.75 Å². The monoisotopic (exact) mass is 335 g/mol. The van der Waals surface area contributed by atoms with Gasteiger partial charge in [-0.2, -0.15) is 0 Å². The van der Waals surface area contributed by atoms with Gasteiger partial charge in [0.1, 0.15) is 5.75 Å². The number of rotatable bonds is 7. The first-order valence-electron chi connectivity index (χ1n) is 7.57. The van der Waals surface area contributed by atoms with Gasteiger partial charge >= 0.3 is 0 Å². The summed E-state index contributed by atoms with van der Waals surface area (Å²) in [7, 11) is 0. The smallest absolute Gasteiger partial charge is 0.269 e. The van der Waals surface area contributed by atoms with Crippen LogP contribution < -0.4 is 0 Å². The van der Waals surface area contributed by atoms with E-state index in [9.17, 15) is 20.0 Å². The summed E-state index contributed by atoms with van der Waals surface area (Å²) in [4.78, 5) is 22.0. The van der Waals surface area contributed by atoms with Crippen LogP contribution >= 0.6 is 0 Å². The molecule has 0 bridgehead atoms. The first-order valence-corrected chi connectivity index (χ1v) is 7.57. The number of hydrogen-bond acceptors (Lipinski definition) is 4. The fraction of sp³-hybridized carbons (Fsp3) is 0.0500. The molecular weight excluding hydrogens is 318 g/mol. The summed E-state index contributed by atoms with van der Waals surface area (Å²) in [5.41, 5.74) is 2.24. The van der Waals surface area contributed by atoms with Gasteiger partial charge in [-0.05, 0) is 59.5 Å². The Hall–Kier alpha value is -3.47. The number of nitro benzene ring substituents is 1. The van der Waals surface area contributed by atoms with Gasteiger partial charge in [-0.25, -0.2) is 0 Å². The lowest BCUT2D eigenvalue weighted by Crippen LogP contribution is -1.88. The van der Waals surface area contributed by atoms with Crippen molar-refractivity contribution in [2.24, 2.45) is 0 Å². The topological polar surface area (TPSA) is 80.4 Å². The normalized spacial score (nSPS) is 11.0. The Kier molecular flexibility index (Phi) is 6.01. The Morgan fingerprint density at radius 2 is 1.68 bits per heavy atom. The van der Waals surface area contributed by atoms with Crippen molar-refractivity contribution in [2.75, 3.05) is 0 Å². The van der Waals surface area contributed by atoms with Crippen LogP contribution in [0.1, 0.15) is 16.7 Å². The molecule has 5 nitrogen and oxygen atoms in total. The average molecular weight is 335 g/mol. The number of carbonyl (C=O) groups excluding carboxylic acids is 1. The van der Waals surface area contributed by atoms with E-state index in [4.69, 9.17) is 0 Å². The van der Waals surface area contributed by atoms with Gasteiger partial charge in [0.15, 0.2) is 5.78 Å². The number of aromatic hydroxyl groups is 1. The van der Waals surface area contributed by atoms with Gasteiger partial charge in [-0.1, -0.05) is 24.3 Å². The highest BCUT2D eigenvalue weighted by atomic mass is 16.6. The molecule has 126 valence electrons. The van der Waals surface area contributed by atoms with E-state index in [-0.39, 0.29) is 17.2 Å². The number of non-ortho nitro benzene ring substituents is 1. The zero-order chi connectivity index (χ0) is 18.2. The molecule has 0 aromatic heterocycles. The van der Waals surface area contributed by atoms with E-state index in [1.54, 1.807) is 48.6 Å². The molecule has 0 unspecified atom stereocenters. The molecular formula is C20H17NO4. The van der Waals surface area contributed by atoms with E-state index in [0.717, 1.165) is 11.1 Å². The fourth-order valence-corrected chi connectivity index (χ4v) is 2.15. The zero-order valence-corrected chi connectivity index (χ0v) is 13.5. The summed E-state index contributed by atoms with van der Waals surface area (Å²) in [6.07, 6.45) is 8.31. The van der Waals surface area contributed by atoms with Crippen LogP contribution in [-0.4, -0.2) is 15.8 Å². The lowest BCUT2D eigenvalue weighted by molar-refractivity contribution is -0.384. The van der Waals surface area contributed by atoms with Crippen LogP contribution in [0.5, 0.6) is 5.75 Å². The van der Waals surface area contributed by atoms with Crippen molar-refractivity contribution < 1.29 is 14.8 Å². The molecule has 0 amide bonds. The molecule has 1 N–H and O–H groups in total. The highest BCUT2D eigenvalue weighted by Gasteiger charge is 2.02. The molecule has 0 saturated carbocycles. The third-order valence-electron chi connectivity index (χ3n) is 3.45. The SMILES string of the molecule is C=CCc1cc(/C=C/C(=O)/C=C/c2ccc([N+](=O)[O-])cc2)ccc1O. The van der Waals surface area contributed by atoms with E-state index in [0.29, 0.717) is 12.0 Å². The highest BCUT2D eigenvalue weighted by Crippen LogP contribution is 2.20. The van der Waals surface area contributed by atoms with E-state index in [1.807, 2.05) is 0 Å². The molecule has 5 heteroatoms. The quantitative estimate of drug-likeness (QED) is 0.353. The molecule has 0 radical (unpaired) electrons. The van der Waals surface area contributed by atoms with Gasteiger partial charge in [0.25, 0.3) is 5.69 Å². The lowest BCUT2D eigenvalue weighted by atomic mass is 10.1. The first kappa shape index (κ1) is 17.9. The van der Waals surface area contributed by atoms with Gasteiger partial charge in [-0.15, -0.1) is 6.58 Å². The maximum absolute atomic E-state index is 11.9. The maximum Gasteiger partial charge on any atom is 0.269 e. The Labute approximate surface area is 145 Å². The molecule has 0 saturated heterocycles. The Bertz CT molecular complexity index is 848. The zero-order valence-electron chi connectivity index (χ0n) is 13.5. The van der Waals surface area contributed by atoms with Gasteiger partial charge < -0.3 is 5.11 Å². The summed E-state index contributed by atoms with van der Waals surface area (Å²) in [6, 6.07) is 11.0. The van der Waals surface area contributed by atoms with Crippen LogP contribution in [0.2, 0.25) is 0 Å². The number of phenols is 1. The number of ketones is 1. The molecule has 2 aromatic rings. The summed E-state index contributed by atoms with van der Waals surface area (Å²) in [6.45, 7) is 3.64. The van der Waals surface area contributed by atoms with E-state index < -0.39 is 4.92 Å². The van der Waals surface area contributed by atoms with Crippen molar-refractivity contribution in [3.63, 3.8) is 0 Å². The van der Waals surface area contributed by atoms with Crippen molar-refractivity contribution in [2.45, 2.75) is 6.42 Å². The molecule has 2 aromatic carbocycles. The number of allylic oxidation sites excluding steroid dienone is 3. The lowest BCUT2D eigenvalue weighted by Gasteiger charge is -2.02. The Morgan fingerprint density at radius 3 is 2.28 bits per heavy atom. The molecule has 0 aliphatic carbocycles. The van der Waals surface area contributed by atoms with Crippen LogP contribution in [-0.2, 0) is 11.2 Å². The minimum Gasteiger partial charge on any atom is -0.508 e. The van der Waals surface area contributed by atoms with Crippen LogP contribution in [0, 0.1) is 10.1 Å². The largest absolute Gasteiger partial charge is 0.508 e. The van der Waals surface area contributed by atoms with Crippen molar-refractivity contribution in [3.05, 3.63) is 94.1 Å². The second kappa shape index (κ2) is 8.40. The summed E-state index contributed by atoms with van der Waals surface area (Å²) >= 11 is 0. The molecule has 0 aliphatic heterocycles. The predicted molar refractivity (Wildman–Crippen MR) is 98.2 cm³/mol. The third kappa shape index (κ3) is 5.28. The van der Waals surface area contributed by atoms with Gasteiger partial charge in [-0.3, -0.25) is 14.9 Å². The van der Waals surface area contributed by atoms with Crippen LogP contribution in [0.15, 0.2) is 67.3 Å². The van der Waals surface area contributed by atoms with Gasteiger partial charge in [0, 0.05) is 12.1 Å². The molecule has 0 fully saturated rings. The van der Waals surface area contributed by atoms with Crippen molar-refractivity contribution in [1.29, 1.82) is 0 Å². The molecule has 0 atom stereocenters. The first-order chi connectivity index (χ1) is 12.0.